The van der Waals surface area contributed by atoms with Crippen molar-refractivity contribution in [1.29, 1.82) is 0 Å². The van der Waals surface area contributed by atoms with Crippen molar-refractivity contribution in [2.24, 2.45) is 5.73 Å². The number of amides is 2. The number of ketones is 1. The lowest BCUT2D eigenvalue weighted by Crippen LogP contribution is -2.17. The van der Waals surface area contributed by atoms with Crippen molar-refractivity contribution in [3.63, 3.8) is 0 Å². The Kier molecular flexibility index (Phi) is 4.33. The van der Waals surface area contributed by atoms with Gasteiger partial charge in [-0.3, -0.25) is 14.4 Å². The number of carbonyl (C=O) groups is 3. The number of nitrogens with two attached hydrogens (primary N) is 1. The molecule has 0 bridgehead atoms. The van der Waals surface area contributed by atoms with Crippen LogP contribution in [0.1, 0.15) is 42.2 Å². The smallest absolute Gasteiger partial charge is 0.251 e. The van der Waals surface area contributed by atoms with E-state index >= 15 is 0 Å². The van der Waals surface area contributed by atoms with Gasteiger partial charge in [-0.2, -0.15) is 0 Å². The highest BCUT2D eigenvalue weighted by molar-refractivity contribution is 6.17. The molecule has 32 heavy (non-hydrogen) atoms. The van der Waals surface area contributed by atoms with E-state index in [1.807, 2.05) is 12.1 Å². The summed E-state index contributed by atoms with van der Waals surface area (Å²) in [4.78, 5) is 43.5. The topological polar surface area (TPSA) is 118 Å². The van der Waals surface area contributed by atoms with E-state index in [-0.39, 0.29) is 11.5 Å². The third-order valence-corrected chi connectivity index (χ3v) is 5.49. The lowest BCUT2D eigenvalue weighted by molar-refractivity contribution is 0.0962. The second-order valence-corrected chi connectivity index (χ2v) is 7.35. The summed E-state index contributed by atoms with van der Waals surface area (Å²) in [5.41, 5.74) is 6.73. The molecule has 4 aromatic rings. The lowest BCUT2D eigenvalue weighted by Gasteiger charge is -2.07. The van der Waals surface area contributed by atoms with Crippen molar-refractivity contribution in [1.82, 2.24) is 15.3 Å². The quantitative estimate of drug-likeness (QED) is 0.430. The van der Waals surface area contributed by atoms with E-state index in [9.17, 15) is 23.2 Å². The minimum atomic E-state index is -1.31. The number of benzene rings is 2. The molecule has 0 atom stereocenters. The van der Waals surface area contributed by atoms with Gasteiger partial charge in [-0.25, -0.2) is 13.8 Å². The summed E-state index contributed by atoms with van der Waals surface area (Å²) >= 11 is 0. The van der Waals surface area contributed by atoms with Crippen LogP contribution in [0.3, 0.4) is 0 Å². The number of rotatable bonds is 4. The number of nitrogens with zero attached hydrogens (tertiary/aromatic N) is 1. The van der Waals surface area contributed by atoms with Gasteiger partial charge in [-0.1, -0.05) is 12.1 Å². The highest BCUT2D eigenvalue weighted by Crippen LogP contribution is 2.30. The second kappa shape index (κ2) is 7.09. The van der Waals surface area contributed by atoms with Gasteiger partial charge in [-0.15, -0.1) is 0 Å². The van der Waals surface area contributed by atoms with Gasteiger partial charge in [0.2, 0.25) is 5.78 Å². The molecule has 2 aromatic carbocycles. The normalized spacial score (nSPS) is 12.6. The molecule has 0 spiro atoms. The number of pyridine rings is 1. The Bertz CT molecular complexity index is 1480. The van der Waals surface area contributed by atoms with Crippen LogP contribution in [0.25, 0.3) is 22.2 Å². The fourth-order valence-electron chi connectivity index (χ4n) is 3.83. The van der Waals surface area contributed by atoms with Crippen molar-refractivity contribution in [2.75, 3.05) is 0 Å². The molecule has 2 aromatic heterocycles. The maximum atomic E-state index is 14.7. The first-order valence-electron chi connectivity index (χ1n) is 9.56. The number of fused-ring (bicyclic) bond motifs is 2. The van der Waals surface area contributed by atoms with Crippen LogP contribution in [0, 0.1) is 11.6 Å². The SMILES string of the molecule is NC(=O)c1ccc(F)c(C(=O)c2c[nH]c3ncc(-c4ccc5c(c4)C(=O)NC5)cc23)c1F. The number of aromatic nitrogens is 2. The van der Waals surface area contributed by atoms with Gasteiger partial charge < -0.3 is 16.0 Å². The van der Waals surface area contributed by atoms with Crippen molar-refractivity contribution < 1.29 is 23.2 Å². The molecular weight excluding hydrogens is 418 g/mol. The van der Waals surface area contributed by atoms with Gasteiger partial charge in [0.05, 0.1) is 11.1 Å². The molecule has 2 amide bonds. The minimum absolute atomic E-state index is 0.0207. The molecule has 0 unspecified atom stereocenters. The van der Waals surface area contributed by atoms with Gasteiger partial charge in [0.25, 0.3) is 11.8 Å². The Morgan fingerprint density at radius 2 is 1.84 bits per heavy atom. The number of aromatic amines is 1. The predicted octanol–water partition coefficient (Wildman–Crippen LogP) is 3.08. The van der Waals surface area contributed by atoms with Gasteiger partial charge >= 0.3 is 0 Å². The van der Waals surface area contributed by atoms with E-state index in [0.717, 1.165) is 17.7 Å². The van der Waals surface area contributed by atoms with Crippen LogP contribution in [0.2, 0.25) is 0 Å². The lowest BCUT2D eigenvalue weighted by atomic mass is 9.97. The predicted molar refractivity (Wildman–Crippen MR) is 111 cm³/mol. The summed E-state index contributed by atoms with van der Waals surface area (Å²) in [6, 6.07) is 8.74. The van der Waals surface area contributed by atoms with Crippen molar-refractivity contribution in [2.45, 2.75) is 6.54 Å². The molecule has 3 heterocycles. The summed E-state index contributed by atoms with van der Waals surface area (Å²) in [7, 11) is 0. The number of hydrogen-bond donors (Lipinski definition) is 3. The van der Waals surface area contributed by atoms with Gasteiger partial charge in [0.1, 0.15) is 17.3 Å². The third-order valence-electron chi connectivity index (χ3n) is 5.49. The van der Waals surface area contributed by atoms with E-state index in [1.165, 1.54) is 6.20 Å². The number of carbonyl (C=O) groups excluding carboxylic acids is 3. The summed E-state index contributed by atoms with van der Waals surface area (Å²) in [5.74, 6) is -4.67. The zero-order valence-electron chi connectivity index (χ0n) is 16.3. The van der Waals surface area contributed by atoms with Crippen molar-refractivity contribution >= 4 is 28.6 Å². The monoisotopic (exact) mass is 432 g/mol. The van der Waals surface area contributed by atoms with Crippen LogP contribution in [-0.2, 0) is 6.54 Å². The molecule has 5 rings (SSSR count). The second-order valence-electron chi connectivity index (χ2n) is 7.35. The summed E-state index contributed by atoms with van der Waals surface area (Å²) in [6.45, 7) is 0.462. The standard InChI is InChI=1S/C23H14F2N4O3/c24-17-4-3-13(21(26)31)19(25)18(17)20(30)16-9-28-22-15(16)6-12(8-27-22)10-1-2-11-7-29-23(32)14(11)5-10/h1-6,8-9H,7H2,(H2,26,31)(H,27,28)(H,29,32). The van der Waals surface area contributed by atoms with Gasteiger partial charge in [0, 0.05) is 41.0 Å². The zero-order valence-corrected chi connectivity index (χ0v) is 16.3. The average Bonchev–Trinajstić information content (AvgIpc) is 3.36. The maximum Gasteiger partial charge on any atom is 0.251 e. The van der Waals surface area contributed by atoms with E-state index in [4.69, 9.17) is 5.73 Å². The fourth-order valence-corrected chi connectivity index (χ4v) is 3.83. The van der Waals surface area contributed by atoms with E-state index < -0.39 is 34.5 Å². The summed E-state index contributed by atoms with van der Waals surface area (Å²) < 4.78 is 29.1. The Morgan fingerprint density at radius 1 is 1.03 bits per heavy atom. The highest BCUT2D eigenvalue weighted by atomic mass is 19.1. The first-order chi connectivity index (χ1) is 15.3. The van der Waals surface area contributed by atoms with Crippen molar-refractivity contribution in [3.05, 3.63) is 88.2 Å². The first kappa shape index (κ1) is 19.6. The molecule has 7 nitrogen and oxygen atoms in total. The molecule has 0 radical (unpaired) electrons. The Labute approximate surface area is 179 Å². The number of nitrogens with one attached hydrogen (secondary N) is 2. The van der Waals surface area contributed by atoms with E-state index in [1.54, 1.807) is 18.3 Å². The van der Waals surface area contributed by atoms with E-state index in [2.05, 4.69) is 15.3 Å². The summed E-state index contributed by atoms with van der Waals surface area (Å²) in [6.07, 6.45) is 2.87. The molecule has 0 aliphatic carbocycles. The number of hydrogen-bond acceptors (Lipinski definition) is 4. The summed E-state index contributed by atoms with van der Waals surface area (Å²) in [5, 5.41) is 3.08. The first-order valence-corrected chi connectivity index (χ1v) is 9.56. The molecular formula is C23H14F2N4O3. The molecule has 1 aliphatic heterocycles. The third kappa shape index (κ3) is 2.94. The molecule has 0 saturated carbocycles. The molecule has 1 aliphatic rings. The number of primary amides is 1. The Morgan fingerprint density at radius 3 is 2.62 bits per heavy atom. The highest BCUT2D eigenvalue weighted by Gasteiger charge is 2.26. The van der Waals surface area contributed by atoms with Gasteiger partial charge in [0.15, 0.2) is 0 Å². The molecule has 0 saturated heterocycles. The van der Waals surface area contributed by atoms with E-state index in [0.29, 0.717) is 34.3 Å². The average molecular weight is 432 g/mol. The van der Waals surface area contributed by atoms with Crippen molar-refractivity contribution in [3.8, 4) is 11.1 Å². The largest absolute Gasteiger partial charge is 0.366 e. The Balaban J connectivity index is 1.63. The zero-order chi connectivity index (χ0) is 22.6. The van der Waals surface area contributed by atoms with Gasteiger partial charge in [-0.05, 0) is 35.4 Å². The fraction of sp³-hybridized carbons (Fsp3) is 0.0435. The molecule has 158 valence electrons. The Hall–Kier alpha value is -4.40. The molecule has 9 heteroatoms. The van der Waals surface area contributed by atoms with Crippen LogP contribution in [-0.4, -0.2) is 27.6 Å². The number of H-pyrrole nitrogens is 1. The molecule has 4 N–H and O–H groups in total. The van der Waals surface area contributed by atoms with Crippen LogP contribution >= 0.6 is 0 Å². The van der Waals surface area contributed by atoms with Crippen LogP contribution < -0.4 is 11.1 Å². The maximum absolute atomic E-state index is 14.7. The minimum Gasteiger partial charge on any atom is -0.366 e. The van der Waals surface area contributed by atoms with Crippen LogP contribution in [0.5, 0.6) is 0 Å². The van der Waals surface area contributed by atoms with Crippen LogP contribution in [0.15, 0.2) is 48.8 Å². The molecule has 0 fully saturated rings. The van der Waals surface area contributed by atoms with Crippen LogP contribution in [0.4, 0.5) is 8.78 Å². The number of halogens is 2.